The van der Waals surface area contributed by atoms with Crippen LogP contribution in [-0.4, -0.2) is 13.9 Å². The van der Waals surface area contributed by atoms with Crippen LogP contribution in [-0.2, 0) is 10.8 Å². The van der Waals surface area contributed by atoms with Gasteiger partial charge in [0.15, 0.2) is 0 Å². The Morgan fingerprint density at radius 1 is 1.50 bits per heavy atom. The molecule has 0 radical (unpaired) electrons. The number of hydrogen-bond donors (Lipinski definition) is 0. The van der Waals surface area contributed by atoms with Gasteiger partial charge in [0, 0.05) is 11.8 Å². The number of halogens is 2. The van der Waals surface area contributed by atoms with E-state index in [2.05, 4.69) is 4.98 Å². The largest absolute Gasteiger partial charge is 0.251 e. The van der Waals surface area contributed by atoms with Gasteiger partial charge in [-0.3, -0.25) is 4.21 Å². The Hall–Kier alpha value is -0.120. The normalized spacial score (nSPS) is 33.3. The molecule has 3 atom stereocenters. The molecule has 1 aromatic rings. The molecule has 0 N–H and O–H groups in total. The van der Waals surface area contributed by atoms with E-state index in [1.165, 1.54) is 0 Å². The minimum atomic E-state index is -1.25. The van der Waals surface area contributed by atoms with Crippen LogP contribution in [0.5, 0.6) is 0 Å². The van der Waals surface area contributed by atoms with Crippen LogP contribution >= 0.6 is 23.2 Å². The number of nitrogens with zero attached hydrogens (tertiary/aromatic N) is 1. The van der Waals surface area contributed by atoms with Gasteiger partial charge in [-0.2, -0.15) is 0 Å². The molecule has 0 aromatic carbocycles. The lowest BCUT2D eigenvalue weighted by atomic mass is 10.2. The van der Waals surface area contributed by atoms with Crippen molar-refractivity contribution in [3.8, 4) is 0 Å². The van der Waals surface area contributed by atoms with Gasteiger partial charge >= 0.3 is 0 Å². The highest BCUT2D eigenvalue weighted by Gasteiger charge is 2.37. The molecular formula is C7H5Cl2NOS. The topological polar surface area (TPSA) is 30.0 Å². The number of pyridine rings is 1. The first kappa shape index (κ1) is 8.48. The monoisotopic (exact) mass is 221 g/mol. The third-order valence-electron chi connectivity index (χ3n) is 1.72. The fraction of sp³-hybridized carbons (Fsp3) is 0.286. The van der Waals surface area contributed by atoms with Crippen molar-refractivity contribution >= 4 is 34.0 Å². The maximum Gasteiger partial charge on any atom is 0.135 e. The number of fused-ring (bicyclic) bond motifs is 1. The van der Waals surface area contributed by atoms with Crippen molar-refractivity contribution in [3.63, 3.8) is 0 Å². The lowest BCUT2D eigenvalue weighted by Gasteiger charge is -2.01. The lowest BCUT2D eigenvalue weighted by Crippen LogP contribution is -2.03. The summed E-state index contributed by atoms with van der Waals surface area (Å²) in [6, 6.07) is 3.57. The van der Waals surface area contributed by atoms with E-state index in [0.717, 1.165) is 5.56 Å². The van der Waals surface area contributed by atoms with E-state index in [4.69, 9.17) is 23.2 Å². The quantitative estimate of drug-likeness (QED) is 0.629. The Balaban J connectivity index is 2.59. The first-order valence-corrected chi connectivity index (χ1v) is 5.44. The molecule has 1 aromatic heterocycles. The molecule has 64 valence electrons. The van der Waals surface area contributed by atoms with Crippen molar-refractivity contribution in [1.29, 1.82) is 0 Å². The van der Waals surface area contributed by atoms with E-state index in [1.54, 1.807) is 18.3 Å². The summed E-state index contributed by atoms with van der Waals surface area (Å²) in [7, 11) is -1.25. The molecule has 1 unspecified atom stereocenters. The summed E-state index contributed by atoms with van der Waals surface area (Å²) >= 11 is 11.7. The molecule has 2 nitrogen and oxygen atoms in total. The van der Waals surface area contributed by atoms with Gasteiger partial charge in [0.25, 0.3) is 0 Å². The number of alkyl halides is 2. The minimum Gasteiger partial charge on any atom is -0.251 e. The molecule has 2 rings (SSSR count). The molecule has 5 heteroatoms. The van der Waals surface area contributed by atoms with E-state index in [0.29, 0.717) is 5.03 Å². The summed E-state index contributed by atoms with van der Waals surface area (Å²) in [5.41, 5.74) is 0.789. The highest BCUT2D eigenvalue weighted by atomic mass is 35.5. The highest BCUT2D eigenvalue weighted by Crippen LogP contribution is 2.41. The van der Waals surface area contributed by atoms with Crippen LogP contribution in [0.3, 0.4) is 0 Å². The lowest BCUT2D eigenvalue weighted by molar-refractivity contribution is 0.681. The van der Waals surface area contributed by atoms with Gasteiger partial charge < -0.3 is 0 Å². The van der Waals surface area contributed by atoms with Crippen molar-refractivity contribution < 1.29 is 4.21 Å². The van der Waals surface area contributed by atoms with Gasteiger partial charge in [-0.25, -0.2) is 4.98 Å². The fourth-order valence-electron chi connectivity index (χ4n) is 1.14. The van der Waals surface area contributed by atoms with Crippen molar-refractivity contribution in [3.05, 3.63) is 23.9 Å². The summed E-state index contributed by atoms with van der Waals surface area (Å²) < 4.78 is 10.9. The Morgan fingerprint density at radius 3 is 2.92 bits per heavy atom. The van der Waals surface area contributed by atoms with Gasteiger partial charge in [0.2, 0.25) is 0 Å². The van der Waals surface area contributed by atoms with Crippen LogP contribution in [0.25, 0.3) is 0 Å². The van der Waals surface area contributed by atoms with Crippen LogP contribution in [0.2, 0.25) is 0 Å². The predicted molar refractivity (Wildman–Crippen MR) is 48.9 cm³/mol. The third-order valence-corrected chi connectivity index (χ3v) is 4.63. The molecule has 2 heterocycles. The average molecular weight is 222 g/mol. The van der Waals surface area contributed by atoms with Crippen LogP contribution in [0.1, 0.15) is 10.9 Å². The Morgan fingerprint density at radius 2 is 2.25 bits per heavy atom. The van der Waals surface area contributed by atoms with Crippen LogP contribution in [0.15, 0.2) is 23.4 Å². The van der Waals surface area contributed by atoms with Crippen molar-refractivity contribution in [1.82, 2.24) is 4.98 Å². The summed E-state index contributed by atoms with van der Waals surface area (Å²) in [6.45, 7) is 0. The zero-order chi connectivity index (χ0) is 8.72. The molecule has 0 amide bonds. The van der Waals surface area contributed by atoms with E-state index < -0.39 is 15.5 Å². The van der Waals surface area contributed by atoms with Crippen molar-refractivity contribution in [2.75, 3.05) is 0 Å². The van der Waals surface area contributed by atoms with Crippen LogP contribution in [0, 0.1) is 0 Å². The Kier molecular flexibility index (Phi) is 2.10. The zero-order valence-corrected chi connectivity index (χ0v) is 8.23. The van der Waals surface area contributed by atoms with Gasteiger partial charge in [-0.05, 0) is 6.07 Å². The second kappa shape index (κ2) is 2.98. The number of hydrogen-bond acceptors (Lipinski definition) is 2. The zero-order valence-electron chi connectivity index (χ0n) is 5.91. The Labute approximate surface area is 82.4 Å². The van der Waals surface area contributed by atoms with E-state index in [1.807, 2.05) is 0 Å². The minimum absolute atomic E-state index is 0.379. The van der Waals surface area contributed by atoms with Crippen LogP contribution < -0.4 is 0 Å². The summed E-state index contributed by atoms with van der Waals surface area (Å²) in [5, 5.41) is 0.147. The van der Waals surface area contributed by atoms with Gasteiger partial charge in [0.05, 0.1) is 16.2 Å². The predicted octanol–water partition coefficient (Wildman–Crippen LogP) is 2.05. The molecule has 1 aliphatic heterocycles. The smallest absolute Gasteiger partial charge is 0.135 e. The molecular weight excluding hydrogens is 217 g/mol. The van der Waals surface area contributed by atoms with E-state index >= 15 is 0 Å². The maximum atomic E-state index is 11.4. The van der Waals surface area contributed by atoms with Gasteiger partial charge in [-0.15, -0.1) is 23.2 Å². The summed E-state index contributed by atoms with van der Waals surface area (Å²) in [6.07, 6.45) is 1.59. The van der Waals surface area contributed by atoms with E-state index in [-0.39, 0.29) is 5.38 Å². The fourth-order valence-corrected chi connectivity index (χ4v) is 3.22. The first-order valence-electron chi connectivity index (χ1n) is 3.35. The second-order valence-corrected chi connectivity index (χ2v) is 5.14. The standard InChI is InChI=1S/C7H5Cl2NOS/c8-5-4-2-1-3-10-7(4)12(11)6(5)9/h1-3,5-6H/t5-,6+,12?/m1/s1. The molecule has 0 saturated carbocycles. The van der Waals surface area contributed by atoms with Crippen LogP contribution in [0.4, 0.5) is 0 Å². The average Bonchev–Trinajstić information content (AvgIpc) is 2.33. The molecule has 0 aliphatic carbocycles. The second-order valence-electron chi connectivity index (χ2n) is 2.45. The first-order chi connectivity index (χ1) is 5.72. The molecule has 0 bridgehead atoms. The van der Waals surface area contributed by atoms with Crippen molar-refractivity contribution in [2.24, 2.45) is 0 Å². The highest BCUT2D eigenvalue weighted by molar-refractivity contribution is 7.87. The maximum absolute atomic E-state index is 11.4. The van der Waals surface area contributed by atoms with Gasteiger partial charge in [0.1, 0.15) is 9.74 Å². The van der Waals surface area contributed by atoms with Crippen molar-refractivity contribution in [2.45, 2.75) is 15.1 Å². The third kappa shape index (κ3) is 1.08. The Bertz CT molecular complexity index is 344. The molecule has 12 heavy (non-hydrogen) atoms. The SMILES string of the molecule is O=S1c2ncccc2[C@@H](Cl)[C@H]1Cl. The molecule has 0 saturated heterocycles. The number of aromatic nitrogens is 1. The summed E-state index contributed by atoms with van der Waals surface area (Å²) in [4.78, 5) is 3.97. The molecule has 1 aliphatic rings. The van der Waals surface area contributed by atoms with E-state index in [9.17, 15) is 4.21 Å². The molecule has 0 spiro atoms. The van der Waals surface area contributed by atoms with Gasteiger partial charge in [-0.1, -0.05) is 6.07 Å². The number of rotatable bonds is 0. The molecule has 0 fully saturated rings. The summed E-state index contributed by atoms with van der Waals surface area (Å²) in [5.74, 6) is 0.